The van der Waals surface area contributed by atoms with Crippen LogP contribution in [0.25, 0.3) is 11.5 Å². The highest BCUT2D eigenvalue weighted by Crippen LogP contribution is 2.30. The molecule has 8 nitrogen and oxygen atoms in total. The molecule has 0 unspecified atom stereocenters. The van der Waals surface area contributed by atoms with Crippen LogP contribution >= 0.6 is 11.6 Å². The van der Waals surface area contributed by atoms with E-state index in [2.05, 4.69) is 20.5 Å². The Morgan fingerprint density at radius 2 is 1.90 bits per heavy atom. The third-order valence-corrected chi connectivity index (χ3v) is 5.56. The van der Waals surface area contributed by atoms with Gasteiger partial charge in [-0.05, 0) is 41.8 Å². The number of hydrogen-bond acceptors (Lipinski definition) is 7. The number of aromatic nitrogens is 5. The summed E-state index contributed by atoms with van der Waals surface area (Å²) in [4.78, 5) is 4.51. The molecule has 0 spiro atoms. The van der Waals surface area contributed by atoms with Gasteiger partial charge in [-0.2, -0.15) is 4.98 Å². The van der Waals surface area contributed by atoms with E-state index in [-0.39, 0.29) is 6.10 Å². The molecular formula is C22H20ClN5O3. The first-order valence-corrected chi connectivity index (χ1v) is 10.3. The average molecular weight is 438 g/mol. The van der Waals surface area contributed by atoms with E-state index >= 15 is 0 Å². The highest BCUT2D eigenvalue weighted by molar-refractivity contribution is 6.30. The lowest BCUT2D eigenvalue weighted by molar-refractivity contribution is -0.00111. The monoisotopic (exact) mass is 437 g/mol. The Morgan fingerprint density at radius 3 is 2.68 bits per heavy atom. The number of halogens is 1. The Kier molecular flexibility index (Phi) is 5.40. The zero-order chi connectivity index (χ0) is 21.2. The summed E-state index contributed by atoms with van der Waals surface area (Å²) in [7, 11) is 1.65. The van der Waals surface area contributed by atoms with E-state index in [0.29, 0.717) is 42.0 Å². The van der Waals surface area contributed by atoms with Crippen LogP contribution in [-0.4, -0.2) is 32.2 Å². The molecule has 0 saturated heterocycles. The van der Waals surface area contributed by atoms with Crippen molar-refractivity contribution in [3.05, 3.63) is 76.3 Å². The molecule has 1 aliphatic rings. The van der Waals surface area contributed by atoms with Crippen LogP contribution in [0, 0.1) is 0 Å². The minimum atomic E-state index is -0.107. The van der Waals surface area contributed by atoms with E-state index in [9.17, 15) is 0 Å². The van der Waals surface area contributed by atoms with E-state index in [1.165, 1.54) is 5.56 Å². The van der Waals surface area contributed by atoms with Crippen molar-refractivity contribution in [2.75, 3.05) is 7.11 Å². The summed E-state index contributed by atoms with van der Waals surface area (Å²) in [6.07, 6.45) is 1.32. The van der Waals surface area contributed by atoms with Gasteiger partial charge >= 0.3 is 0 Å². The SMILES string of the molecule is COc1ccc(CCc2nc(-c3nnn4c3CO[C@@H](c3ccc(Cl)cc3)C4)no2)cc1. The van der Waals surface area contributed by atoms with Gasteiger partial charge in [-0.15, -0.1) is 5.10 Å². The van der Waals surface area contributed by atoms with Crippen LogP contribution in [0.15, 0.2) is 53.1 Å². The van der Waals surface area contributed by atoms with Crippen LogP contribution in [0.3, 0.4) is 0 Å². The predicted octanol–water partition coefficient (Wildman–Crippen LogP) is 4.05. The molecule has 0 fully saturated rings. The molecule has 2 aromatic carbocycles. The number of rotatable bonds is 6. The van der Waals surface area contributed by atoms with E-state index in [0.717, 1.165) is 23.4 Å². The Labute approximate surface area is 183 Å². The molecule has 0 aliphatic carbocycles. The second-order valence-electron chi connectivity index (χ2n) is 7.28. The van der Waals surface area contributed by atoms with Gasteiger partial charge in [0, 0.05) is 11.4 Å². The molecule has 0 bridgehead atoms. The Morgan fingerprint density at radius 1 is 1.10 bits per heavy atom. The number of benzene rings is 2. The quantitative estimate of drug-likeness (QED) is 0.449. The topological polar surface area (TPSA) is 88.1 Å². The number of hydrogen-bond donors (Lipinski definition) is 0. The van der Waals surface area contributed by atoms with Crippen LogP contribution < -0.4 is 4.74 Å². The zero-order valence-corrected chi connectivity index (χ0v) is 17.6. The molecule has 31 heavy (non-hydrogen) atoms. The summed E-state index contributed by atoms with van der Waals surface area (Å²) < 4.78 is 18.5. The fourth-order valence-corrected chi connectivity index (χ4v) is 3.69. The number of fused-ring (bicyclic) bond motifs is 1. The summed E-state index contributed by atoms with van der Waals surface area (Å²) in [5.41, 5.74) is 3.65. The molecule has 4 aromatic rings. The van der Waals surface area contributed by atoms with Crippen molar-refractivity contribution in [1.29, 1.82) is 0 Å². The van der Waals surface area contributed by atoms with Crippen molar-refractivity contribution in [3.63, 3.8) is 0 Å². The summed E-state index contributed by atoms with van der Waals surface area (Å²) in [5.74, 6) is 1.82. The van der Waals surface area contributed by atoms with Crippen molar-refractivity contribution in [2.24, 2.45) is 0 Å². The van der Waals surface area contributed by atoms with Gasteiger partial charge in [0.15, 0.2) is 5.69 Å². The zero-order valence-electron chi connectivity index (χ0n) is 16.9. The maximum atomic E-state index is 6.04. The molecular weight excluding hydrogens is 418 g/mol. The molecule has 9 heteroatoms. The molecule has 1 aliphatic heterocycles. The van der Waals surface area contributed by atoms with Gasteiger partial charge < -0.3 is 14.0 Å². The molecule has 1 atom stereocenters. The van der Waals surface area contributed by atoms with Crippen molar-refractivity contribution < 1.29 is 14.0 Å². The van der Waals surface area contributed by atoms with Crippen LogP contribution in [0.1, 0.15) is 28.8 Å². The maximum absolute atomic E-state index is 6.04. The Hall–Kier alpha value is -3.23. The van der Waals surface area contributed by atoms with Crippen LogP contribution in [-0.2, 0) is 30.7 Å². The maximum Gasteiger partial charge on any atom is 0.227 e. The normalized spacial score (nSPS) is 15.6. The molecule has 158 valence electrons. The number of ether oxygens (including phenoxy) is 2. The third kappa shape index (κ3) is 4.17. The van der Waals surface area contributed by atoms with Crippen LogP contribution in [0.5, 0.6) is 5.75 Å². The number of methoxy groups -OCH3 is 1. The summed E-state index contributed by atoms with van der Waals surface area (Å²) in [6, 6.07) is 15.6. The highest BCUT2D eigenvalue weighted by Gasteiger charge is 2.27. The van der Waals surface area contributed by atoms with Gasteiger partial charge in [-0.25, -0.2) is 4.68 Å². The van der Waals surface area contributed by atoms with Gasteiger partial charge in [0.2, 0.25) is 11.7 Å². The van der Waals surface area contributed by atoms with Crippen LogP contribution in [0.2, 0.25) is 5.02 Å². The molecule has 5 rings (SSSR count). The van der Waals surface area contributed by atoms with Gasteiger partial charge in [0.05, 0.1) is 26.0 Å². The Balaban J connectivity index is 1.27. The minimum Gasteiger partial charge on any atom is -0.497 e. The second kappa shape index (κ2) is 8.49. The first-order valence-electron chi connectivity index (χ1n) is 9.95. The first kappa shape index (κ1) is 19.7. The summed E-state index contributed by atoms with van der Waals surface area (Å²) >= 11 is 5.98. The molecule has 2 aromatic heterocycles. The van der Waals surface area contributed by atoms with Crippen molar-refractivity contribution in [1.82, 2.24) is 25.1 Å². The van der Waals surface area contributed by atoms with Gasteiger partial charge in [0.25, 0.3) is 0 Å². The second-order valence-corrected chi connectivity index (χ2v) is 7.71. The molecule has 3 heterocycles. The largest absolute Gasteiger partial charge is 0.497 e. The van der Waals surface area contributed by atoms with E-state index in [4.69, 9.17) is 25.6 Å². The van der Waals surface area contributed by atoms with Crippen molar-refractivity contribution >= 4 is 11.6 Å². The number of aryl methyl sites for hydroxylation is 2. The van der Waals surface area contributed by atoms with Crippen molar-refractivity contribution in [2.45, 2.75) is 32.1 Å². The summed E-state index contributed by atoms with van der Waals surface area (Å²) in [6.45, 7) is 0.928. The standard InChI is InChI=1S/C22H20ClN5O3/c1-29-17-9-2-14(3-10-17)4-11-20-24-22(26-31-20)21-18-13-30-19(12-28(18)27-25-21)15-5-7-16(23)8-6-15/h2-3,5-10,19H,4,11-13H2,1H3/t19-/m1/s1. The molecule has 0 saturated carbocycles. The average Bonchev–Trinajstić information content (AvgIpc) is 3.45. The molecule has 0 amide bonds. The molecule has 0 radical (unpaired) electrons. The minimum absolute atomic E-state index is 0.107. The van der Waals surface area contributed by atoms with E-state index in [1.54, 1.807) is 7.11 Å². The first-order chi connectivity index (χ1) is 15.2. The smallest absolute Gasteiger partial charge is 0.227 e. The lowest BCUT2D eigenvalue weighted by Gasteiger charge is -2.24. The van der Waals surface area contributed by atoms with Gasteiger partial charge in [-0.1, -0.05) is 46.2 Å². The predicted molar refractivity (Wildman–Crippen MR) is 113 cm³/mol. The lowest BCUT2D eigenvalue weighted by Crippen LogP contribution is -2.22. The van der Waals surface area contributed by atoms with E-state index in [1.807, 2.05) is 53.2 Å². The van der Waals surface area contributed by atoms with Crippen LogP contribution in [0.4, 0.5) is 0 Å². The van der Waals surface area contributed by atoms with Gasteiger partial charge in [0.1, 0.15) is 11.9 Å². The van der Waals surface area contributed by atoms with Gasteiger partial charge in [-0.3, -0.25) is 0 Å². The third-order valence-electron chi connectivity index (χ3n) is 5.31. The lowest BCUT2D eigenvalue weighted by atomic mass is 10.1. The molecule has 0 N–H and O–H groups in total. The fourth-order valence-electron chi connectivity index (χ4n) is 3.56. The Bertz CT molecular complexity index is 1170. The number of nitrogens with zero attached hydrogens (tertiary/aromatic N) is 5. The fraction of sp³-hybridized carbons (Fsp3) is 0.273. The summed E-state index contributed by atoms with van der Waals surface area (Å²) in [5, 5.41) is 13.3. The van der Waals surface area contributed by atoms with Crippen molar-refractivity contribution in [3.8, 4) is 17.3 Å². The van der Waals surface area contributed by atoms with E-state index < -0.39 is 0 Å². The highest BCUT2D eigenvalue weighted by atomic mass is 35.5.